The van der Waals surface area contributed by atoms with Crippen LogP contribution in [-0.4, -0.2) is 38.1 Å². The van der Waals surface area contributed by atoms with E-state index >= 15 is 0 Å². The maximum atomic E-state index is 14.2. The van der Waals surface area contributed by atoms with Crippen LogP contribution in [0.5, 0.6) is 0 Å². The summed E-state index contributed by atoms with van der Waals surface area (Å²) >= 11 is 0. The van der Waals surface area contributed by atoms with Gasteiger partial charge < -0.3 is 15.3 Å². The number of hydrogen-bond acceptors (Lipinski definition) is 4. The van der Waals surface area contributed by atoms with E-state index in [0.717, 1.165) is 55.1 Å². The molecule has 5 heteroatoms. The van der Waals surface area contributed by atoms with Crippen molar-refractivity contribution in [3.8, 4) is 0 Å². The largest absolute Gasteiger partial charge is 0.393 e. The fourth-order valence-electron chi connectivity index (χ4n) is 10.8. The van der Waals surface area contributed by atoms with Gasteiger partial charge in [-0.1, -0.05) is 53.2 Å². The molecule has 2 aromatic rings. The van der Waals surface area contributed by atoms with Crippen LogP contribution < -0.4 is 0 Å². The molecule has 42 heavy (non-hydrogen) atoms. The van der Waals surface area contributed by atoms with Crippen molar-refractivity contribution in [2.45, 2.75) is 124 Å². The van der Waals surface area contributed by atoms with Gasteiger partial charge in [-0.05, 0) is 123 Å². The molecule has 0 bridgehead atoms. The topological polar surface area (TPSA) is 73.6 Å². The van der Waals surface area contributed by atoms with E-state index in [1.54, 1.807) is 26.0 Å². The summed E-state index contributed by atoms with van der Waals surface area (Å²) in [6, 6.07) is 7.03. The highest BCUT2D eigenvalue weighted by Gasteiger charge is 2.70. The normalized spacial score (nSPS) is 38.6. The van der Waals surface area contributed by atoms with Crippen molar-refractivity contribution in [3.63, 3.8) is 0 Å². The first-order chi connectivity index (χ1) is 19.4. The molecule has 1 aromatic heterocycles. The Morgan fingerprint density at radius 3 is 2.48 bits per heavy atom. The Labute approximate surface area is 251 Å². The molecular weight excluding hydrogens is 525 g/mol. The Balaban J connectivity index is 1.35. The fourth-order valence-corrected chi connectivity index (χ4v) is 10.8. The van der Waals surface area contributed by atoms with Crippen LogP contribution in [0.15, 0.2) is 35.9 Å². The van der Waals surface area contributed by atoms with Gasteiger partial charge in [0.1, 0.15) is 5.82 Å². The lowest BCUT2D eigenvalue weighted by atomic mass is 9.38. The Morgan fingerprint density at radius 1 is 1.07 bits per heavy atom. The summed E-state index contributed by atoms with van der Waals surface area (Å²) < 4.78 is 14.2. The molecule has 2 fully saturated rings. The highest BCUT2D eigenvalue weighted by molar-refractivity contribution is 5.80. The van der Waals surface area contributed by atoms with Gasteiger partial charge in [-0.2, -0.15) is 0 Å². The molecule has 0 aliphatic heterocycles. The van der Waals surface area contributed by atoms with Crippen molar-refractivity contribution in [1.82, 2.24) is 4.98 Å². The second-order valence-corrected chi connectivity index (χ2v) is 16.5. The van der Waals surface area contributed by atoms with E-state index in [-0.39, 0.29) is 33.4 Å². The number of rotatable bonds is 5. The molecule has 1 aromatic carbocycles. The van der Waals surface area contributed by atoms with Crippen LogP contribution in [0.4, 0.5) is 4.39 Å². The van der Waals surface area contributed by atoms with E-state index in [0.29, 0.717) is 24.2 Å². The molecule has 230 valence electrons. The lowest BCUT2D eigenvalue weighted by Gasteiger charge is -2.67. The first-order valence-electron chi connectivity index (χ1n) is 16.3. The predicted molar refractivity (Wildman–Crippen MR) is 166 cm³/mol. The van der Waals surface area contributed by atoms with Gasteiger partial charge in [0, 0.05) is 16.2 Å². The summed E-state index contributed by atoms with van der Waals surface area (Å²) in [7, 11) is 0. The number of aromatic nitrogens is 1. The van der Waals surface area contributed by atoms with Gasteiger partial charge in [-0.25, -0.2) is 4.39 Å². The van der Waals surface area contributed by atoms with Crippen molar-refractivity contribution in [2.75, 3.05) is 0 Å². The number of hydrogen-bond donors (Lipinski definition) is 3. The minimum atomic E-state index is -1.09. The summed E-state index contributed by atoms with van der Waals surface area (Å²) in [5.74, 6) is 1.20. The Hall–Kier alpha value is -1.82. The number of pyridine rings is 1. The van der Waals surface area contributed by atoms with Crippen LogP contribution in [0.25, 0.3) is 10.9 Å². The van der Waals surface area contributed by atoms with E-state index in [4.69, 9.17) is 4.98 Å². The molecule has 0 saturated heterocycles. The number of fused-ring (bicyclic) bond motifs is 7. The van der Waals surface area contributed by atoms with Gasteiger partial charge in [0.2, 0.25) is 0 Å². The van der Waals surface area contributed by atoms with E-state index in [1.165, 1.54) is 17.2 Å². The molecule has 0 spiro atoms. The van der Waals surface area contributed by atoms with E-state index in [1.807, 2.05) is 0 Å². The molecule has 9 atom stereocenters. The van der Waals surface area contributed by atoms with Gasteiger partial charge in [-0.15, -0.1) is 0 Å². The van der Waals surface area contributed by atoms with Crippen LogP contribution in [0, 0.1) is 45.7 Å². The van der Waals surface area contributed by atoms with Gasteiger partial charge in [0.05, 0.1) is 29.0 Å². The maximum Gasteiger partial charge on any atom is 0.123 e. The molecule has 4 aliphatic carbocycles. The number of benzene rings is 1. The van der Waals surface area contributed by atoms with Crippen molar-refractivity contribution in [1.29, 1.82) is 0 Å². The molecule has 3 N–H and O–H groups in total. The molecule has 0 radical (unpaired) electrons. The first kappa shape index (κ1) is 30.2. The number of aliphatic hydroxyl groups is 3. The summed E-state index contributed by atoms with van der Waals surface area (Å²) in [6.07, 6.45) is 7.71. The third-order valence-corrected chi connectivity index (χ3v) is 13.6. The molecule has 6 rings (SSSR count). The SMILES string of the molecule is C[C@H](CC[C@@H](O)C(C)(C)O)[C@H]1CC[C@@]2(C)[C@@H]3CC=C4[C@@H](Cc5cc6cc(F)ccc6nc5C4(C)C)[C@]3(C)[C@H](O)C[C@]12C. The molecule has 2 saturated carbocycles. The Morgan fingerprint density at radius 2 is 1.79 bits per heavy atom. The predicted octanol–water partition coefficient (Wildman–Crippen LogP) is 7.51. The lowest BCUT2D eigenvalue weighted by Crippen LogP contribution is -2.64. The van der Waals surface area contributed by atoms with Gasteiger partial charge in [0.15, 0.2) is 0 Å². The van der Waals surface area contributed by atoms with Crippen LogP contribution >= 0.6 is 0 Å². The molecule has 4 aliphatic rings. The monoisotopic (exact) mass is 577 g/mol. The summed E-state index contributed by atoms with van der Waals surface area (Å²) in [6.45, 7) is 17.6. The van der Waals surface area contributed by atoms with E-state index < -0.39 is 17.8 Å². The highest BCUT2D eigenvalue weighted by atomic mass is 19.1. The lowest BCUT2D eigenvalue weighted by molar-refractivity contribution is -0.198. The third-order valence-electron chi connectivity index (χ3n) is 13.6. The molecule has 0 amide bonds. The number of allylic oxidation sites excluding steroid dienone is 2. The van der Waals surface area contributed by atoms with Crippen LogP contribution in [0.1, 0.15) is 105 Å². The van der Waals surface area contributed by atoms with Crippen molar-refractivity contribution >= 4 is 10.9 Å². The minimum absolute atomic E-state index is 0.00157. The summed E-state index contributed by atoms with van der Waals surface area (Å²) in [4.78, 5) is 5.10. The first-order valence-corrected chi connectivity index (χ1v) is 16.3. The van der Waals surface area contributed by atoms with E-state index in [9.17, 15) is 19.7 Å². The quantitative estimate of drug-likeness (QED) is 0.322. The van der Waals surface area contributed by atoms with Crippen LogP contribution in [0.2, 0.25) is 0 Å². The maximum absolute atomic E-state index is 14.2. The van der Waals surface area contributed by atoms with Crippen molar-refractivity contribution < 1.29 is 19.7 Å². The Bertz CT molecular complexity index is 1430. The molecule has 0 unspecified atom stereocenters. The number of nitrogens with zero attached hydrogens (tertiary/aromatic N) is 1. The smallest absolute Gasteiger partial charge is 0.123 e. The highest BCUT2D eigenvalue weighted by Crippen LogP contribution is 2.74. The molecule has 1 heterocycles. The van der Waals surface area contributed by atoms with Gasteiger partial charge in [-0.3, -0.25) is 4.98 Å². The van der Waals surface area contributed by atoms with E-state index in [2.05, 4.69) is 53.7 Å². The zero-order chi connectivity index (χ0) is 30.6. The van der Waals surface area contributed by atoms with Crippen molar-refractivity contribution in [2.24, 2.45) is 39.9 Å². The molecule has 4 nitrogen and oxygen atoms in total. The number of aliphatic hydroxyl groups excluding tert-OH is 2. The molecular formula is C37H52FNO3. The Kier molecular flexibility index (Phi) is 6.90. The third kappa shape index (κ3) is 4.12. The van der Waals surface area contributed by atoms with Crippen LogP contribution in [-0.2, 0) is 11.8 Å². The standard InChI is InChI=1S/C37H52FNO3/c1-21(9-14-30(40)34(4,5)42)25-15-16-35(6)29-13-11-26-27(37(29,8)31(41)20-36(25,35)7)19-23-17-22-18-24(38)10-12-28(22)39-32(23)33(26,2)3/h10-12,17-18,21,25,27,29-31,40-42H,9,13-16,19-20H2,1-8H3/t21-,25-,27-,29+,30-,31-,35+,36-,37+/m1/s1. The summed E-state index contributed by atoms with van der Waals surface area (Å²) in [5.41, 5.74) is 3.01. The zero-order valence-corrected chi connectivity index (χ0v) is 27.0. The minimum Gasteiger partial charge on any atom is -0.393 e. The van der Waals surface area contributed by atoms with Gasteiger partial charge >= 0.3 is 0 Å². The van der Waals surface area contributed by atoms with Crippen molar-refractivity contribution in [3.05, 3.63) is 53.0 Å². The zero-order valence-electron chi connectivity index (χ0n) is 27.0. The number of halogens is 1. The second-order valence-electron chi connectivity index (χ2n) is 16.5. The average molecular weight is 578 g/mol. The van der Waals surface area contributed by atoms with Crippen LogP contribution in [0.3, 0.4) is 0 Å². The summed E-state index contributed by atoms with van der Waals surface area (Å²) in [5, 5.41) is 34.0. The average Bonchev–Trinajstić information content (AvgIpc) is 3.16. The fraction of sp³-hybridized carbons (Fsp3) is 0.703. The second kappa shape index (κ2) is 9.59. The van der Waals surface area contributed by atoms with Gasteiger partial charge in [0.25, 0.3) is 0 Å².